The molecule has 0 atom stereocenters. The highest BCUT2D eigenvalue weighted by Crippen LogP contribution is 2.22. The first-order valence-electron chi connectivity index (χ1n) is 7.03. The van der Waals surface area contributed by atoms with E-state index in [0.29, 0.717) is 11.6 Å². The molecule has 6 heteroatoms. The predicted molar refractivity (Wildman–Crippen MR) is 91.5 cm³/mol. The third kappa shape index (κ3) is 3.69. The van der Waals surface area contributed by atoms with Crippen LogP contribution in [0.2, 0.25) is 5.02 Å². The highest BCUT2D eigenvalue weighted by Gasteiger charge is 2.08. The van der Waals surface area contributed by atoms with Gasteiger partial charge in [0.2, 0.25) is 0 Å². The van der Waals surface area contributed by atoms with Crippen molar-refractivity contribution in [1.29, 1.82) is 0 Å². The molecule has 3 nitrogen and oxygen atoms in total. The summed E-state index contributed by atoms with van der Waals surface area (Å²) in [6.45, 7) is 0.406. The zero-order valence-electron chi connectivity index (χ0n) is 12.1. The van der Waals surface area contributed by atoms with Gasteiger partial charge in [0, 0.05) is 16.9 Å². The average molecular weight is 349 g/mol. The van der Waals surface area contributed by atoms with Crippen LogP contribution in [0.5, 0.6) is 0 Å². The summed E-state index contributed by atoms with van der Waals surface area (Å²) in [5.41, 5.74) is 2.52. The van der Waals surface area contributed by atoms with Gasteiger partial charge in [-0.1, -0.05) is 17.7 Å². The molecule has 0 aliphatic rings. The summed E-state index contributed by atoms with van der Waals surface area (Å²) >= 11 is 7.45. The average Bonchev–Trinajstić information content (AvgIpc) is 2.91. The summed E-state index contributed by atoms with van der Waals surface area (Å²) in [6, 6.07) is 13.6. The Labute approximate surface area is 142 Å². The normalized spacial score (nSPS) is 11.9. The van der Waals surface area contributed by atoms with Crippen molar-refractivity contribution >= 4 is 28.6 Å². The first kappa shape index (κ1) is 15.9. The van der Waals surface area contributed by atoms with E-state index in [2.05, 4.69) is 4.99 Å². The van der Waals surface area contributed by atoms with E-state index in [1.807, 2.05) is 22.1 Å². The number of hydrogen-bond donors (Lipinski definition) is 1. The summed E-state index contributed by atoms with van der Waals surface area (Å²) in [5.74, 6) is -0.276. The summed E-state index contributed by atoms with van der Waals surface area (Å²) in [4.78, 5) is 5.35. The van der Waals surface area contributed by atoms with Gasteiger partial charge in [-0.05, 0) is 48.0 Å². The van der Waals surface area contributed by atoms with Gasteiger partial charge in [-0.25, -0.2) is 9.38 Å². The fourth-order valence-corrected chi connectivity index (χ4v) is 3.38. The van der Waals surface area contributed by atoms with Gasteiger partial charge in [0.05, 0.1) is 18.0 Å². The van der Waals surface area contributed by atoms with Crippen LogP contribution in [0.15, 0.2) is 58.9 Å². The number of nitrogens with zero attached hydrogens (tertiary/aromatic N) is 2. The van der Waals surface area contributed by atoms with Crippen molar-refractivity contribution < 1.29 is 9.50 Å². The molecular formula is C17H14ClFN2OS. The van der Waals surface area contributed by atoms with E-state index in [9.17, 15) is 9.50 Å². The molecule has 1 heterocycles. The van der Waals surface area contributed by atoms with Crippen LogP contribution in [-0.2, 0) is 6.54 Å². The standard InChI is InChI=1S/C17H14ClFN2OS/c18-13-2-1-3-15(10-13)20-17-21(8-9-22)16(11-23-17)12-4-6-14(19)7-5-12/h1-7,10-11,22H,8-9H2. The topological polar surface area (TPSA) is 37.5 Å². The Morgan fingerprint density at radius 3 is 2.65 bits per heavy atom. The van der Waals surface area contributed by atoms with Gasteiger partial charge in [-0.3, -0.25) is 0 Å². The number of thiazole rings is 1. The van der Waals surface area contributed by atoms with Crippen LogP contribution in [0.25, 0.3) is 11.3 Å². The zero-order chi connectivity index (χ0) is 16.2. The SMILES string of the molecule is OCCn1c(-c2ccc(F)cc2)csc1=Nc1cccc(Cl)c1. The smallest absolute Gasteiger partial charge is 0.190 e. The van der Waals surface area contributed by atoms with Crippen molar-refractivity contribution in [2.24, 2.45) is 4.99 Å². The first-order chi connectivity index (χ1) is 11.2. The van der Waals surface area contributed by atoms with E-state index in [0.717, 1.165) is 21.7 Å². The molecule has 0 amide bonds. The van der Waals surface area contributed by atoms with Crippen LogP contribution in [0.3, 0.4) is 0 Å². The zero-order valence-corrected chi connectivity index (χ0v) is 13.7. The molecule has 1 N–H and O–H groups in total. The Bertz CT molecular complexity index is 871. The molecular weight excluding hydrogens is 335 g/mol. The van der Waals surface area contributed by atoms with Gasteiger partial charge >= 0.3 is 0 Å². The molecule has 3 aromatic rings. The molecule has 0 radical (unpaired) electrons. The largest absolute Gasteiger partial charge is 0.395 e. The molecule has 0 saturated heterocycles. The molecule has 23 heavy (non-hydrogen) atoms. The highest BCUT2D eigenvalue weighted by molar-refractivity contribution is 7.07. The highest BCUT2D eigenvalue weighted by atomic mass is 35.5. The molecule has 2 aromatic carbocycles. The van der Waals surface area contributed by atoms with Gasteiger partial charge in [-0.2, -0.15) is 0 Å². The monoisotopic (exact) mass is 348 g/mol. The van der Waals surface area contributed by atoms with E-state index in [1.165, 1.54) is 23.5 Å². The summed E-state index contributed by atoms with van der Waals surface area (Å²) in [5, 5.41) is 11.9. The van der Waals surface area contributed by atoms with Crippen molar-refractivity contribution in [3.05, 3.63) is 69.6 Å². The molecule has 0 aliphatic heterocycles. The lowest BCUT2D eigenvalue weighted by molar-refractivity contribution is 0.275. The second-order valence-corrected chi connectivity index (χ2v) is 6.15. The number of halogens is 2. The van der Waals surface area contributed by atoms with Crippen molar-refractivity contribution in [2.45, 2.75) is 6.54 Å². The molecule has 3 rings (SSSR count). The van der Waals surface area contributed by atoms with Gasteiger partial charge in [0.15, 0.2) is 4.80 Å². The van der Waals surface area contributed by atoms with Gasteiger partial charge in [0.1, 0.15) is 5.82 Å². The fourth-order valence-electron chi connectivity index (χ4n) is 2.24. The van der Waals surface area contributed by atoms with Crippen molar-refractivity contribution in [3.63, 3.8) is 0 Å². The van der Waals surface area contributed by atoms with E-state index >= 15 is 0 Å². The van der Waals surface area contributed by atoms with E-state index in [-0.39, 0.29) is 12.4 Å². The lowest BCUT2D eigenvalue weighted by Crippen LogP contribution is -2.17. The van der Waals surface area contributed by atoms with Crippen molar-refractivity contribution in [1.82, 2.24) is 4.57 Å². The van der Waals surface area contributed by atoms with Crippen LogP contribution in [0.4, 0.5) is 10.1 Å². The molecule has 0 spiro atoms. The van der Waals surface area contributed by atoms with Crippen LogP contribution in [0, 0.1) is 5.82 Å². The number of benzene rings is 2. The number of aromatic nitrogens is 1. The molecule has 0 saturated carbocycles. The van der Waals surface area contributed by atoms with Gasteiger partial charge in [-0.15, -0.1) is 11.3 Å². The lowest BCUT2D eigenvalue weighted by atomic mass is 10.2. The number of aliphatic hydroxyl groups is 1. The van der Waals surface area contributed by atoms with Crippen molar-refractivity contribution in [2.75, 3.05) is 6.61 Å². The Kier molecular flexibility index (Phi) is 4.91. The Balaban J connectivity index is 2.10. The molecule has 0 unspecified atom stereocenters. The number of hydrogen-bond acceptors (Lipinski definition) is 3. The second-order valence-electron chi connectivity index (χ2n) is 4.88. The summed E-state index contributed by atoms with van der Waals surface area (Å²) < 4.78 is 15.0. The molecule has 0 fully saturated rings. The molecule has 1 aromatic heterocycles. The summed E-state index contributed by atoms with van der Waals surface area (Å²) in [6.07, 6.45) is 0. The minimum absolute atomic E-state index is 0.00629. The number of aliphatic hydroxyl groups excluding tert-OH is 1. The van der Waals surface area contributed by atoms with Crippen LogP contribution < -0.4 is 4.80 Å². The first-order valence-corrected chi connectivity index (χ1v) is 8.28. The molecule has 0 bridgehead atoms. The Hall–Kier alpha value is -1.95. The van der Waals surface area contributed by atoms with E-state index in [4.69, 9.17) is 11.6 Å². The maximum Gasteiger partial charge on any atom is 0.190 e. The lowest BCUT2D eigenvalue weighted by Gasteiger charge is -2.07. The van der Waals surface area contributed by atoms with Gasteiger partial charge in [0.25, 0.3) is 0 Å². The second kappa shape index (κ2) is 7.08. The van der Waals surface area contributed by atoms with E-state index in [1.54, 1.807) is 24.3 Å². The molecule has 118 valence electrons. The fraction of sp³-hybridized carbons (Fsp3) is 0.118. The van der Waals surface area contributed by atoms with Crippen molar-refractivity contribution in [3.8, 4) is 11.3 Å². The molecule has 0 aliphatic carbocycles. The van der Waals surface area contributed by atoms with Crippen LogP contribution >= 0.6 is 22.9 Å². The third-order valence-corrected chi connectivity index (χ3v) is 4.39. The third-order valence-electron chi connectivity index (χ3n) is 3.29. The predicted octanol–water partition coefficient (Wildman–Crippen LogP) is 4.23. The minimum atomic E-state index is -0.276. The quantitative estimate of drug-likeness (QED) is 0.752. The Morgan fingerprint density at radius 2 is 1.96 bits per heavy atom. The minimum Gasteiger partial charge on any atom is -0.395 e. The number of rotatable bonds is 4. The van der Waals surface area contributed by atoms with Crippen LogP contribution in [0.1, 0.15) is 0 Å². The maximum atomic E-state index is 13.1. The van der Waals surface area contributed by atoms with E-state index < -0.39 is 0 Å². The maximum absolute atomic E-state index is 13.1. The summed E-state index contributed by atoms with van der Waals surface area (Å²) in [7, 11) is 0. The van der Waals surface area contributed by atoms with Crippen LogP contribution in [-0.4, -0.2) is 16.3 Å². The Morgan fingerprint density at radius 1 is 1.17 bits per heavy atom. The van der Waals surface area contributed by atoms with Gasteiger partial charge < -0.3 is 9.67 Å².